The average molecular weight is 374 g/mol. The second kappa shape index (κ2) is 7.76. The van der Waals surface area contributed by atoms with E-state index in [-0.39, 0.29) is 23.3 Å². The summed E-state index contributed by atoms with van der Waals surface area (Å²) in [5, 5.41) is 2.82. The van der Waals surface area contributed by atoms with Crippen LogP contribution in [0.4, 0.5) is 10.1 Å². The molecule has 0 aliphatic carbocycles. The SMILES string of the molecule is CCC(=O)Nc1ccc2nc(SCC(=O)c3ccc(F)cc3)sc2c1. The van der Waals surface area contributed by atoms with Crippen molar-refractivity contribution in [2.45, 2.75) is 17.7 Å². The van der Waals surface area contributed by atoms with Gasteiger partial charge >= 0.3 is 0 Å². The molecule has 4 nitrogen and oxygen atoms in total. The minimum Gasteiger partial charge on any atom is -0.326 e. The maximum atomic E-state index is 12.9. The zero-order chi connectivity index (χ0) is 17.8. The first-order valence-corrected chi connectivity index (χ1v) is 9.47. The molecule has 0 unspecified atom stereocenters. The Morgan fingerprint density at radius 1 is 1.20 bits per heavy atom. The van der Waals surface area contributed by atoms with Crippen LogP contribution in [-0.2, 0) is 4.79 Å². The van der Waals surface area contributed by atoms with E-state index < -0.39 is 0 Å². The van der Waals surface area contributed by atoms with Gasteiger partial charge in [0, 0.05) is 17.7 Å². The Morgan fingerprint density at radius 3 is 2.68 bits per heavy atom. The summed E-state index contributed by atoms with van der Waals surface area (Å²) in [6.07, 6.45) is 0.424. The first-order chi connectivity index (χ1) is 12.0. The number of benzene rings is 2. The highest BCUT2D eigenvalue weighted by molar-refractivity contribution is 8.01. The third kappa shape index (κ3) is 4.43. The molecule has 1 aromatic heterocycles. The van der Waals surface area contributed by atoms with Gasteiger partial charge in [0.25, 0.3) is 0 Å². The second-order valence-electron chi connectivity index (χ2n) is 5.28. The van der Waals surface area contributed by atoms with Gasteiger partial charge in [-0.2, -0.15) is 0 Å². The smallest absolute Gasteiger partial charge is 0.224 e. The van der Waals surface area contributed by atoms with Gasteiger partial charge in [0.1, 0.15) is 5.82 Å². The summed E-state index contributed by atoms with van der Waals surface area (Å²) >= 11 is 2.83. The van der Waals surface area contributed by atoms with Crippen molar-refractivity contribution in [1.82, 2.24) is 4.98 Å². The van der Waals surface area contributed by atoms with Crippen LogP contribution in [0.1, 0.15) is 23.7 Å². The number of hydrogen-bond donors (Lipinski definition) is 1. The fourth-order valence-corrected chi connectivity index (χ4v) is 4.14. The normalized spacial score (nSPS) is 10.8. The van der Waals surface area contributed by atoms with Crippen LogP contribution >= 0.6 is 23.1 Å². The molecule has 3 aromatic rings. The van der Waals surface area contributed by atoms with Crippen LogP contribution in [-0.4, -0.2) is 22.4 Å². The lowest BCUT2D eigenvalue weighted by atomic mass is 10.1. The van der Waals surface area contributed by atoms with Gasteiger partial charge in [0.2, 0.25) is 5.91 Å². The number of hydrogen-bond acceptors (Lipinski definition) is 5. The van der Waals surface area contributed by atoms with Crippen molar-refractivity contribution in [3.63, 3.8) is 0 Å². The predicted octanol–water partition coefficient (Wildman–Crippen LogP) is 4.76. The van der Waals surface area contributed by atoms with Crippen LogP contribution in [0.2, 0.25) is 0 Å². The van der Waals surface area contributed by atoms with E-state index in [9.17, 15) is 14.0 Å². The molecule has 0 spiro atoms. The molecule has 1 N–H and O–H groups in total. The maximum absolute atomic E-state index is 12.9. The Kier molecular flexibility index (Phi) is 5.45. The lowest BCUT2D eigenvalue weighted by molar-refractivity contribution is -0.115. The predicted molar refractivity (Wildman–Crippen MR) is 100.0 cm³/mol. The van der Waals surface area contributed by atoms with Crippen molar-refractivity contribution < 1.29 is 14.0 Å². The Bertz CT molecular complexity index is 922. The minimum atomic E-state index is -0.360. The summed E-state index contributed by atoms with van der Waals surface area (Å²) in [6, 6.07) is 11.1. The summed E-state index contributed by atoms with van der Waals surface area (Å²) in [5.74, 6) is -0.227. The third-order valence-electron chi connectivity index (χ3n) is 3.47. The number of nitrogens with zero attached hydrogens (tertiary/aromatic N) is 1. The molecule has 2 aromatic carbocycles. The molecule has 128 valence electrons. The summed E-state index contributed by atoms with van der Waals surface area (Å²) < 4.78 is 14.6. The van der Waals surface area contributed by atoms with Crippen molar-refractivity contribution in [1.29, 1.82) is 0 Å². The largest absolute Gasteiger partial charge is 0.326 e. The fraction of sp³-hybridized carbons (Fsp3) is 0.167. The van der Waals surface area contributed by atoms with Gasteiger partial charge < -0.3 is 5.32 Å². The number of rotatable bonds is 6. The number of amides is 1. The van der Waals surface area contributed by atoms with Crippen molar-refractivity contribution in [3.8, 4) is 0 Å². The van der Waals surface area contributed by atoms with Crippen LogP contribution in [0.3, 0.4) is 0 Å². The molecule has 0 aliphatic heterocycles. The van der Waals surface area contributed by atoms with Crippen LogP contribution in [0.25, 0.3) is 10.2 Å². The number of carbonyl (C=O) groups excluding carboxylic acids is 2. The number of thiazole rings is 1. The number of fused-ring (bicyclic) bond motifs is 1. The van der Waals surface area contributed by atoms with Crippen LogP contribution in [0, 0.1) is 5.82 Å². The first kappa shape index (κ1) is 17.6. The number of aromatic nitrogens is 1. The second-order valence-corrected chi connectivity index (χ2v) is 7.54. The Balaban J connectivity index is 1.68. The summed E-state index contributed by atoms with van der Waals surface area (Å²) in [7, 11) is 0. The number of anilines is 1. The molecule has 25 heavy (non-hydrogen) atoms. The van der Waals surface area contributed by atoms with E-state index in [0.717, 1.165) is 20.2 Å². The van der Waals surface area contributed by atoms with Crippen LogP contribution in [0.15, 0.2) is 46.8 Å². The number of ketones is 1. The molecule has 0 radical (unpaired) electrons. The fourth-order valence-electron chi connectivity index (χ4n) is 2.14. The third-order valence-corrected chi connectivity index (χ3v) is 5.63. The lowest BCUT2D eigenvalue weighted by Crippen LogP contribution is -2.08. The Labute approximate surface area is 152 Å². The van der Waals surface area contributed by atoms with Crippen molar-refractivity contribution in [3.05, 3.63) is 53.8 Å². The molecule has 0 aliphatic rings. The molecule has 0 saturated heterocycles. The monoisotopic (exact) mass is 374 g/mol. The Morgan fingerprint density at radius 2 is 1.96 bits per heavy atom. The number of nitrogens with one attached hydrogen (secondary N) is 1. The quantitative estimate of drug-likeness (QED) is 0.499. The van der Waals surface area contributed by atoms with Crippen molar-refractivity contribution >= 4 is 50.7 Å². The molecular formula is C18H15FN2O2S2. The van der Waals surface area contributed by atoms with E-state index in [1.165, 1.54) is 47.4 Å². The first-order valence-electron chi connectivity index (χ1n) is 7.67. The topological polar surface area (TPSA) is 59.1 Å². The van der Waals surface area contributed by atoms with Crippen LogP contribution in [0.5, 0.6) is 0 Å². The van der Waals surface area contributed by atoms with Crippen molar-refractivity contribution in [2.24, 2.45) is 0 Å². The van der Waals surface area contributed by atoms with Crippen molar-refractivity contribution in [2.75, 3.05) is 11.1 Å². The van der Waals surface area contributed by atoms with E-state index >= 15 is 0 Å². The average Bonchev–Trinajstić information content (AvgIpc) is 3.02. The molecule has 0 bridgehead atoms. The number of thioether (sulfide) groups is 1. The zero-order valence-corrected chi connectivity index (χ0v) is 15.0. The molecular weight excluding hydrogens is 359 g/mol. The highest BCUT2D eigenvalue weighted by atomic mass is 32.2. The summed E-state index contributed by atoms with van der Waals surface area (Å²) in [4.78, 5) is 28.1. The van der Waals surface area contributed by atoms with Gasteiger partial charge in [0.15, 0.2) is 10.1 Å². The van der Waals surface area contributed by atoms with Crippen LogP contribution < -0.4 is 5.32 Å². The van der Waals surface area contributed by atoms with Gasteiger partial charge in [-0.05, 0) is 42.5 Å². The summed E-state index contributed by atoms with van der Waals surface area (Å²) in [5.41, 5.74) is 2.05. The van der Waals surface area contributed by atoms with E-state index in [2.05, 4.69) is 10.3 Å². The summed E-state index contributed by atoms with van der Waals surface area (Å²) in [6.45, 7) is 1.80. The highest BCUT2D eigenvalue weighted by Crippen LogP contribution is 2.31. The number of halogens is 1. The molecule has 1 heterocycles. The molecule has 1 amide bonds. The minimum absolute atomic E-state index is 0.0386. The van der Waals surface area contributed by atoms with Gasteiger partial charge in [-0.15, -0.1) is 11.3 Å². The number of Topliss-reactive ketones (excluding diaryl/α,β-unsaturated/α-hetero) is 1. The van der Waals surface area contributed by atoms with Gasteiger partial charge in [-0.25, -0.2) is 9.37 Å². The zero-order valence-electron chi connectivity index (χ0n) is 13.4. The Hall–Kier alpha value is -2.25. The van der Waals surface area contributed by atoms with E-state index in [1.807, 2.05) is 18.2 Å². The molecule has 0 saturated carbocycles. The molecule has 3 rings (SSSR count). The standard InChI is InChI=1S/C18H15FN2O2S2/c1-2-17(23)20-13-7-8-14-16(9-13)25-18(21-14)24-10-15(22)11-3-5-12(19)6-4-11/h3-9H,2,10H2,1H3,(H,20,23). The molecule has 0 fully saturated rings. The van der Waals surface area contributed by atoms with Gasteiger partial charge in [-0.1, -0.05) is 18.7 Å². The van der Waals surface area contributed by atoms with E-state index in [0.29, 0.717) is 12.0 Å². The van der Waals surface area contributed by atoms with E-state index in [1.54, 1.807) is 6.92 Å². The lowest BCUT2D eigenvalue weighted by Gasteiger charge is -2.02. The van der Waals surface area contributed by atoms with Gasteiger partial charge in [-0.3, -0.25) is 9.59 Å². The molecule has 7 heteroatoms. The highest BCUT2D eigenvalue weighted by Gasteiger charge is 2.11. The van der Waals surface area contributed by atoms with E-state index in [4.69, 9.17) is 0 Å². The van der Waals surface area contributed by atoms with Gasteiger partial charge in [0.05, 0.1) is 16.0 Å². The molecule has 0 atom stereocenters. The maximum Gasteiger partial charge on any atom is 0.224 e. The number of carbonyl (C=O) groups is 2.